The van der Waals surface area contributed by atoms with Crippen molar-refractivity contribution in [2.75, 3.05) is 12.4 Å². The van der Waals surface area contributed by atoms with Gasteiger partial charge in [0.1, 0.15) is 17.3 Å². The largest absolute Gasteiger partial charge is 0.497 e. The van der Waals surface area contributed by atoms with Crippen molar-refractivity contribution >= 4 is 11.6 Å². The van der Waals surface area contributed by atoms with Crippen LogP contribution in [-0.4, -0.2) is 22.8 Å². The van der Waals surface area contributed by atoms with E-state index < -0.39 is 0 Å². The van der Waals surface area contributed by atoms with Crippen molar-refractivity contribution in [2.24, 2.45) is 0 Å². The monoisotopic (exact) mass is 401 g/mol. The lowest BCUT2D eigenvalue weighted by Crippen LogP contribution is -2.12. The summed E-state index contributed by atoms with van der Waals surface area (Å²) in [7, 11) is 1.59. The molecule has 0 unspecified atom stereocenters. The molecule has 0 fully saturated rings. The standard InChI is InChI=1S/C24H20FN3O2/c1-16-3-5-17(6-4-16)23-22(15-28(27-23)20-11-7-18(25)8-12-20)24(29)26-19-9-13-21(30-2)14-10-19/h3-15H,1-2H3,(H,26,29). The number of carbonyl (C=O) groups is 1. The molecule has 6 heteroatoms. The van der Waals surface area contributed by atoms with Gasteiger partial charge in [0, 0.05) is 17.4 Å². The topological polar surface area (TPSA) is 56.1 Å². The fraction of sp³-hybridized carbons (Fsp3) is 0.0833. The van der Waals surface area contributed by atoms with E-state index in [1.165, 1.54) is 12.1 Å². The molecule has 1 amide bonds. The molecule has 0 radical (unpaired) electrons. The summed E-state index contributed by atoms with van der Waals surface area (Å²) in [6, 6.07) is 20.8. The van der Waals surface area contributed by atoms with E-state index in [4.69, 9.17) is 4.74 Å². The molecule has 1 aromatic heterocycles. The first-order chi connectivity index (χ1) is 14.5. The molecule has 5 nitrogen and oxygen atoms in total. The molecule has 0 bridgehead atoms. The van der Waals surface area contributed by atoms with Crippen LogP contribution in [0.1, 0.15) is 15.9 Å². The summed E-state index contributed by atoms with van der Waals surface area (Å²) in [5, 5.41) is 7.51. The van der Waals surface area contributed by atoms with Crippen molar-refractivity contribution < 1.29 is 13.9 Å². The Bertz CT molecular complexity index is 1160. The third-order valence-electron chi connectivity index (χ3n) is 4.72. The van der Waals surface area contributed by atoms with Gasteiger partial charge < -0.3 is 10.1 Å². The summed E-state index contributed by atoms with van der Waals surface area (Å²) in [4.78, 5) is 13.1. The zero-order valence-corrected chi connectivity index (χ0v) is 16.6. The van der Waals surface area contributed by atoms with Crippen molar-refractivity contribution in [1.29, 1.82) is 0 Å². The third-order valence-corrected chi connectivity index (χ3v) is 4.72. The molecule has 0 spiro atoms. The number of ether oxygens (including phenoxy) is 1. The first-order valence-corrected chi connectivity index (χ1v) is 9.41. The van der Waals surface area contributed by atoms with Crippen molar-refractivity contribution in [3.05, 3.63) is 95.9 Å². The molecule has 0 aliphatic rings. The molecule has 0 saturated carbocycles. The zero-order valence-electron chi connectivity index (χ0n) is 16.6. The summed E-state index contributed by atoms with van der Waals surface area (Å²) >= 11 is 0. The Labute approximate surface area is 173 Å². The van der Waals surface area contributed by atoms with Crippen LogP contribution in [-0.2, 0) is 0 Å². The van der Waals surface area contributed by atoms with E-state index in [1.54, 1.807) is 54.4 Å². The van der Waals surface area contributed by atoms with Crippen molar-refractivity contribution in [2.45, 2.75) is 6.92 Å². The summed E-state index contributed by atoms with van der Waals surface area (Å²) in [6.45, 7) is 2.00. The van der Waals surface area contributed by atoms with Gasteiger partial charge in [0.25, 0.3) is 5.91 Å². The van der Waals surface area contributed by atoms with Crippen LogP contribution >= 0.6 is 0 Å². The van der Waals surface area contributed by atoms with Gasteiger partial charge in [-0.15, -0.1) is 0 Å². The summed E-state index contributed by atoms with van der Waals surface area (Å²) in [5.41, 5.74) is 4.20. The average molecular weight is 401 g/mol. The second-order valence-corrected chi connectivity index (χ2v) is 6.86. The average Bonchev–Trinajstić information content (AvgIpc) is 3.21. The fourth-order valence-electron chi connectivity index (χ4n) is 3.06. The van der Waals surface area contributed by atoms with Gasteiger partial charge in [0.15, 0.2) is 0 Å². The van der Waals surface area contributed by atoms with E-state index >= 15 is 0 Å². The molecule has 4 aromatic rings. The van der Waals surface area contributed by atoms with Gasteiger partial charge >= 0.3 is 0 Å². The van der Waals surface area contributed by atoms with Gasteiger partial charge in [-0.2, -0.15) is 5.10 Å². The number of rotatable bonds is 5. The Morgan fingerprint density at radius 1 is 0.967 bits per heavy atom. The van der Waals surface area contributed by atoms with Crippen LogP contribution < -0.4 is 10.1 Å². The van der Waals surface area contributed by atoms with Gasteiger partial charge in [-0.05, 0) is 55.5 Å². The molecule has 150 valence electrons. The van der Waals surface area contributed by atoms with Crippen molar-refractivity contribution in [1.82, 2.24) is 9.78 Å². The number of nitrogens with one attached hydrogen (secondary N) is 1. The number of aromatic nitrogens is 2. The van der Waals surface area contributed by atoms with Crippen LogP contribution in [0.4, 0.5) is 10.1 Å². The number of hydrogen-bond donors (Lipinski definition) is 1. The predicted molar refractivity (Wildman–Crippen MR) is 115 cm³/mol. The number of halogens is 1. The summed E-state index contributed by atoms with van der Waals surface area (Å²) in [6.07, 6.45) is 1.65. The van der Waals surface area contributed by atoms with E-state index in [-0.39, 0.29) is 11.7 Å². The third kappa shape index (κ3) is 4.07. The van der Waals surface area contributed by atoms with Crippen LogP contribution in [0.5, 0.6) is 5.75 Å². The first kappa shape index (κ1) is 19.4. The van der Waals surface area contributed by atoms with E-state index in [0.29, 0.717) is 28.4 Å². The highest BCUT2D eigenvalue weighted by molar-refractivity contribution is 6.08. The molecule has 0 aliphatic carbocycles. The second kappa shape index (κ2) is 8.21. The Morgan fingerprint density at radius 2 is 1.63 bits per heavy atom. The van der Waals surface area contributed by atoms with Crippen LogP contribution in [0.15, 0.2) is 79.0 Å². The molecular weight excluding hydrogens is 381 g/mol. The van der Waals surface area contributed by atoms with Crippen molar-refractivity contribution in [3.63, 3.8) is 0 Å². The molecule has 30 heavy (non-hydrogen) atoms. The quantitative estimate of drug-likeness (QED) is 0.497. The van der Waals surface area contributed by atoms with Gasteiger partial charge in [-0.25, -0.2) is 9.07 Å². The van der Waals surface area contributed by atoms with Crippen LogP contribution in [0.25, 0.3) is 16.9 Å². The van der Waals surface area contributed by atoms with Gasteiger partial charge in [-0.3, -0.25) is 4.79 Å². The van der Waals surface area contributed by atoms with E-state index in [2.05, 4.69) is 10.4 Å². The summed E-state index contributed by atoms with van der Waals surface area (Å²) in [5.74, 6) is 0.0868. The van der Waals surface area contributed by atoms with Gasteiger partial charge in [-0.1, -0.05) is 29.8 Å². The first-order valence-electron chi connectivity index (χ1n) is 9.41. The lowest BCUT2D eigenvalue weighted by Gasteiger charge is -2.07. The lowest BCUT2D eigenvalue weighted by molar-refractivity contribution is 0.102. The smallest absolute Gasteiger partial charge is 0.259 e. The molecule has 1 heterocycles. The maximum atomic E-state index is 13.3. The molecule has 0 saturated heterocycles. The van der Waals surface area contributed by atoms with Gasteiger partial charge in [0.2, 0.25) is 0 Å². The highest BCUT2D eigenvalue weighted by Gasteiger charge is 2.19. The Hall–Kier alpha value is -3.93. The minimum atomic E-state index is -0.331. The summed E-state index contributed by atoms with van der Waals surface area (Å²) < 4.78 is 20.0. The lowest BCUT2D eigenvalue weighted by atomic mass is 10.1. The number of amides is 1. The number of anilines is 1. The highest BCUT2D eigenvalue weighted by Crippen LogP contribution is 2.26. The minimum absolute atomic E-state index is 0.288. The highest BCUT2D eigenvalue weighted by atomic mass is 19.1. The number of aryl methyl sites for hydroxylation is 1. The molecule has 0 atom stereocenters. The maximum Gasteiger partial charge on any atom is 0.259 e. The number of hydrogen-bond acceptors (Lipinski definition) is 3. The zero-order chi connectivity index (χ0) is 21.1. The predicted octanol–water partition coefficient (Wildman–Crippen LogP) is 5.25. The van der Waals surface area contributed by atoms with Gasteiger partial charge in [0.05, 0.1) is 18.4 Å². The van der Waals surface area contributed by atoms with Crippen LogP contribution in [0.2, 0.25) is 0 Å². The number of carbonyl (C=O) groups excluding carboxylic acids is 1. The Morgan fingerprint density at radius 3 is 2.27 bits per heavy atom. The Kier molecular flexibility index (Phi) is 5.30. The molecule has 1 N–H and O–H groups in total. The maximum absolute atomic E-state index is 13.3. The molecule has 0 aliphatic heterocycles. The SMILES string of the molecule is COc1ccc(NC(=O)c2cn(-c3ccc(F)cc3)nc2-c2ccc(C)cc2)cc1. The molecule has 4 rings (SSSR count). The van der Waals surface area contributed by atoms with E-state index in [1.807, 2.05) is 31.2 Å². The second-order valence-electron chi connectivity index (χ2n) is 6.86. The van der Waals surface area contributed by atoms with Crippen LogP contribution in [0.3, 0.4) is 0 Å². The van der Waals surface area contributed by atoms with Crippen molar-refractivity contribution in [3.8, 4) is 22.7 Å². The number of benzene rings is 3. The molecule has 3 aromatic carbocycles. The normalized spacial score (nSPS) is 10.6. The minimum Gasteiger partial charge on any atom is -0.497 e. The Balaban J connectivity index is 1.72. The number of nitrogens with zero attached hydrogens (tertiary/aromatic N) is 2. The molecular formula is C24H20FN3O2. The number of methoxy groups -OCH3 is 1. The fourth-order valence-corrected chi connectivity index (χ4v) is 3.06. The van der Waals surface area contributed by atoms with Crippen LogP contribution in [0, 0.1) is 12.7 Å². The van der Waals surface area contributed by atoms with E-state index in [0.717, 1.165) is 11.1 Å². The van der Waals surface area contributed by atoms with E-state index in [9.17, 15) is 9.18 Å².